The van der Waals surface area contributed by atoms with Gasteiger partial charge in [0.15, 0.2) is 6.61 Å². The smallest absolute Gasteiger partial charge is 0.317 e. The molecule has 12 N–H and O–H groups in total. The number of aliphatic carboxylic acids is 3. The van der Waals surface area contributed by atoms with Crippen LogP contribution in [-0.2, 0) is 48.1 Å². The molecule has 6 amide bonds. The summed E-state index contributed by atoms with van der Waals surface area (Å²) in [4.78, 5) is 118. The molecule has 24 nitrogen and oxygen atoms in total. The molecule has 1 rings (SSSR count). The molecule has 1 heterocycles. The molecule has 1 aliphatic rings. The highest BCUT2D eigenvalue weighted by Crippen LogP contribution is 2.04. The molecule has 330 valence electrons. The highest BCUT2D eigenvalue weighted by atomic mass is 19.3. The lowest BCUT2D eigenvalue weighted by atomic mass is 10.1. The number of nitrogens with two attached hydrogens (primary N) is 2. The molecule has 0 radical (unpaired) electrons. The molecule has 2 unspecified atom stereocenters. The topological polar surface area (TPSA) is 349 Å². The monoisotopic (exact) mass is 835 g/mol. The van der Waals surface area contributed by atoms with Gasteiger partial charge in [0.25, 0.3) is 0 Å². The molecule has 0 spiro atoms. The number of carboxylic acid groups (broad SMARTS) is 3. The summed E-state index contributed by atoms with van der Waals surface area (Å²) in [5, 5.41) is 40.2. The van der Waals surface area contributed by atoms with E-state index in [4.69, 9.17) is 11.5 Å². The van der Waals surface area contributed by atoms with Crippen LogP contribution < -0.4 is 38.1 Å². The maximum Gasteiger partial charge on any atom is 0.317 e. The second-order valence-electron chi connectivity index (χ2n) is 13.5. The van der Waals surface area contributed by atoms with Gasteiger partial charge in [-0.3, -0.25) is 62.8 Å². The molecule has 1 saturated heterocycles. The van der Waals surface area contributed by atoms with Crippen molar-refractivity contribution in [3.63, 3.8) is 0 Å². The molecule has 0 saturated carbocycles. The van der Waals surface area contributed by atoms with Gasteiger partial charge in [-0.25, -0.2) is 0 Å². The first-order valence-electron chi connectivity index (χ1n) is 18.7. The summed E-state index contributed by atoms with van der Waals surface area (Å²) in [5.74, 6) is -7.56. The largest absolute Gasteiger partial charge is 0.480 e. The van der Waals surface area contributed by atoms with E-state index in [0.717, 1.165) is 0 Å². The van der Waals surface area contributed by atoms with Gasteiger partial charge in [-0.1, -0.05) is 0 Å². The van der Waals surface area contributed by atoms with Crippen molar-refractivity contribution in [3.05, 3.63) is 0 Å². The Morgan fingerprint density at radius 1 is 0.569 bits per heavy atom. The summed E-state index contributed by atoms with van der Waals surface area (Å²) in [6, 6.07) is -2.23. The molecule has 1 fully saturated rings. The van der Waals surface area contributed by atoms with Crippen LogP contribution in [0.5, 0.6) is 0 Å². The second kappa shape index (κ2) is 29.2. The third-order valence-electron chi connectivity index (χ3n) is 8.70. The highest BCUT2D eigenvalue weighted by Gasteiger charge is 2.24. The Hall–Kier alpha value is -5.08. The minimum absolute atomic E-state index is 0.0815. The molecule has 2 atom stereocenters. The summed E-state index contributed by atoms with van der Waals surface area (Å²) in [6.07, 6.45) is 1.26. The van der Waals surface area contributed by atoms with Gasteiger partial charge in [-0.05, 0) is 43.2 Å². The number of primary amides is 1. The fourth-order valence-corrected chi connectivity index (χ4v) is 5.68. The number of carbonyl (C=O) groups is 9. The third-order valence-corrected chi connectivity index (χ3v) is 8.70. The first kappa shape index (κ1) is 50.9. The number of rotatable bonds is 26. The Bertz CT molecular complexity index is 1350. The Balaban J connectivity index is 2.67. The van der Waals surface area contributed by atoms with Crippen molar-refractivity contribution in [2.45, 2.75) is 44.2 Å². The summed E-state index contributed by atoms with van der Waals surface area (Å²) >= 11 is 0. The average Bonchev–Trinajstić information content (AvgIpc) is 3.14. The quantitative estimate of drug-likeness (QED) is 0.0363. The van der Waals surface area contributed by atoms with E-state index in [1.54, 1.807) is 19.6 Å². The number of nitrogens with zero attached hydrogens (tertiary/aromatic N) is 4. The summed E-state index contributed by atoms with van der Waals surface area (Å²) < 4.78 is 11.8. The van der Waals surface area contributed by atoms with Crippen molar-refractivity contribution in [1.29, 1.82) is 0 Å². The van der Waals surface area contributed by atoms with Crippen LogP contribution in [0.25, 0.3) is 0 Å². The zero-order valence-corrected chi connectivity index (χ0v) is 32.5. The van der Waals surface area contributed by atoms with Crippen molar-refractivity contribution in [3.8, 4) is 0 Å². The fourth-order valence-electron chi connectivity index (χ4n) is 5.68. The van der Waals surface area contributed by atoms with Gasteiger partial charge in [-0.15, -0.1) is 0 Å². The molecule has 1 aliphatic heterocycles. The van der Waals surface area contributed by atoms with Crippen molar-refractivity contribution >= 4 is 53.4 Å². The lowest BCUT2D eigenvalue weighted by molar-refractivity contribution is -0.157. The van der Waals surface area contributed by atoms with Gasteiger partial charge in [0, 0.05) is 58.9 Å². The molecular formula is C33H58FN11O13. The fraction of sp³-hybridized carbons (Fsp3) is 0.727. The average molecular weight is 836 g/mol. The first-order valence-corrected chi connectivity index (χ1v) is 18.7. The molecule has 0 aromatic carbocycles. The van der Waals surface area contributed by atoms with Crippen LogP contribution in [0, 0.1) is 0 Å². The van der Waals surface area contributed by atoms with Crippen molar-refractivity contribution in [1.82, 2.24) is 46.2 Å². The molecule has 0 aliphatic carbocycles. The number of amides is 6. The highest BCUT2D eigenvalue weighted by molar-refractivity contribution is 5.93. The summed E-state index contributed by atoms with van der Waals surface area (Å²) in [7, 11) is 0. The Kier molecular flexibility index (Phi) is 25.6. The number of halogens is 1. The van der Waals surface area contributed by atoms with Crippen LogP contribution in [0.4, 0.5) is 4.53 Å². The van der Waals surface area contributed by atoms with Gasteiger partial charge in [0.2, 0.25) is 35.4 Å². The van der Waals surface area contributed by atoms with E-state index in [9.17, 15) is 63.0 Å². The number of unbranched alkanes of at least 4 members (excludes halogenated alkanes) is 1. The Morgan fingerprint density at radius 2 is 1.00 bits per heavy atom. The lowest BCUT2D eigenvalue weighted by Crippen LogP contribution is -2.52. The number of nitrogens with one attached hydrogen (secondary N) is 5. The van der Waals surface area contributed by atoms with E-state index in [2.05, 4.69) is 31.5 Å². The predicted octanol–water partition coefficient (Wildman–Crippen LogP) is -5.92. The van der Waals surface area contributed by atoms with Crippen LogP contribution in [0.3, 0.4) is 0 Å². The van der Waals surface area contributed by atoms with Crippen molar-refractivity contribution < 1.29 is 67.9 Å². The van der Waals surface area contributed by atoms with E-state index in [-0.39, 0.29) is 110 Å². The SMILES string of the molecule is NCCCC(NC(=O)CNC(=O)COF)C(=O)NCC(=O)NC(CCCCNC(=O)CN1CCN(CC(=O)O)CCN(CC(=O)O)CCN(CC(=O)O)CC1)C(N)=O. The standard InChI is InChI=1S/C33H58FN11O13/c34-58-22-28(49)38-16-25(46)41-24(5-3-6-35)33(57)39-17-26(47)40-23(32(36)56)4-1-2-7-37-27(48)18-42-8-10-43(19-29(50)51)12-14-45(21-31(54)55)15-13-44(11-9-42)20-30(52)53/h23-24H,1-22,35H2,(H2,36,56)(H,37,48)(H,38,49)(H,39,57)(H,40,47)(H,41,46)(H,50,51)(H,52,53)(H,54,55). The van der Waals surface area contributed by atoms with Gasteiger partial charge < -0.3 is 53.4 Å². The Morgan fingerprint density at radius 3 is 1.43 bits per heavy atom. The van der Waals surface area contributed by atoms with Gasteiger partial charge in [0.1, 0.15) is 12.1 Å². The molecule has 0 bridgehead atoms. The van der Waals surface area contributed by atoms with Crippen LogP contribution >= 0.6 is 0 Å². The van der Waals surface area contributed by atoms with Crippen LogP contribution in [-0.4, -0.2) is 212 Å². The van der Waals surface area contributed by atoms with E-state index >= 15 is 0 Å². The van der Waals surface area contributed by atoms with Crippen LogP contribution in [0.2, 0.25) is 0 Å². The van der Waals surface area contributed by atoms with E-state index < -0.39 is 79.2 Å². The number of carboxylic acids is 3. The third kappa shape index (κ3) is 24.5. The number of carbonyl (C=O) groups excluding carboxylic acids is 6. The zero-order chi connectivity index (χ0) is 43.5. The molecule has 58 heavy (non-hydrogen) atoms. The number of hydrogen-bond donors (Lipinski definition) is 10. The normalized spacial score (nSPS) is 16.0. The minimum Gasteiger partial charge on any atom is -0.480 e. The van der Waals surface area contributed by atoms with Crippen LogP contribution in [0.15, 0.2) is 0 Å². The zero-order valence-electron chi connectivity index (χ0n) is 32.5. The summed E-state index contributed by atoms with van der Waals surface area (Å²) in [6.45, 7) is -0.664. The summed E-state index contributed by atoms with van der Waals surface area (Å²) in [5.41, 5.74) is 11.0. The number of hydrogen-bond acceptors (Lipinski definition) is 15. The maximum absolute atomic E-state index is 12.9. The van der Waals surface area contributed by atoms with Crippen molar-refractivity contribution in [2.75, 3.05) is 111 Å². The van der Waals surface area contributed by atoms with Crippen molar-refractivity contribution in [2.24, 2.45) is 11.5 Å². The molecule has 25 heteroatoms. The lowest BCUT2D eigenvalue weighted by Gasteiger charge is -2.32. The van der Waals surface area contributed by atoms with Gasteiger partial charge in [-0.2, -0.15) is 4.94 Å². The van der Waals surface area contributed by atoms with Gasteiger partial charge >= 0.3 is 17.9 Å². The molecule has 0 aromatic heterocycles. The van der Waals surface area contributed by atoms with E-state index in [1.165, 1.54) is 0 Å². The van der Waals surface area contributed by atoms with E-state index in [0.29, 0.717) is 19.3 Å². The first-order chi connectivity index (χ1) is 27.5. The molecule has 0 aromatic rings. The maximum atomic E-state index is 12.9. The molecular weight excluding hydrogens is 777 g/mol. The second-order valence-corrected chi connectivity index (χ2v) is 13.5. The van der Waals surface area contributed by atoms with Gasteiger partial charge in [0.05, 0.1) is 39.3 Å². The minimum atomic E-state index is -1.12. The van der Waals surface area contributed by atoms with E-state index in [1.807, 2.05) is 0 Å². The Labute approximate surface area is 334 Å². The van der Waals surface area contributed by atoms with Crippen LogP contribution in [0.1, 0.15) is 32.1 Å². The predicted molar refractivity (Wildman–Crippen MR) is 200 cm³/mol.